The van der Waals surface area contributed by atoms with Crippen molar-refractivity contribution < 1.29 is 0 Å². The van der Waals surface area contributed by atoms with Crippen LogP contribution in [0, 0.1) is 0 Å². The van der Waals surface area contributed by atoms with Gasteiger partial charge in [-0.25, -0.2) is 4.98 Å². The highest BCUT2D eigenvalue weighted by Gasteiger charge is 2.22. The Morgan fingerprint density at radius 2 is 1.82 bits per heavy atom. The maximum Gasteiger partial charge on any atom is 0.107 e. The molecule has 0 radical (unpaired) electrons. The summed E-state index contributed by atoms with van der Waals surface area (Å²) in [5, 5.41) is 6.56. The van der Waals surface area contributed by atoms with Crippen LogP contribution < -0.4 is 5.32 Å². The standard InChI is InChI=1S/C12H20Cl2N2S/c1-11(2,3)9-6-17-10(16-9)5-15-12(4,7-13)8-14/h6,15H,5,7-8H2,1-4H3. The predicted molar refractivity (Wildman–Crippen MR) is 77.5 cm³/mol. The zero-order valence-corrected chi connectivity index (χ0v) is 13.1. The fourth-order valence-electron chi connectivity index (χ4n) is 1.16. The summed E-state index contributed by atoms with van der Waals surface area (Å²) in [6.45, 7) is 9.24. The number of nitrogens with one attached hydrogen (secondary N) is 1. The van der Waals surface area contributed by atoms with Gasteiger partial charge in [0.15, 0.2) is 0 Å². The van der Waals surface area contributed by atoms with E-state index in [1.165, 1.54) is 0 Å². The lowest BCUT2D eigenvalue weighted by atomic mass is 9.93. The minimum Gasteiger partial charge on any atom is -0.303 e. The van der Waals surface area contributed by atoms with Crippen molar-refractivity contribution in [2.75, 3.05) is 11.8 Å². The van der Waals surface area contributed by atoms with Gasteiger partial charge in [0.25, 0.3) is 0 Å². The van der Waals surface area contributed by atoms with Gasteiger partial charge in [0.2, 0.25) is 0 Å². The van der Waals surface area contributed by atoms with Crippen LogP contribution in [0.3, 0.4) is 0 Å². The molecule has 0 unspecified atom stereocenters. The van der Waals surface area contributed by atoms with E-state index < -0.39 is 0 Å². The number of nitrogens with zero attached hydrogens (tertiary/aromatic N) is 1. The van der Waals surface area contributed by atoms with Gasteiger partial charge in [-0.05, 0) is 6.92 Å². The summed E-state index contributed by atoms with van der Waals surface area (Å²) in [7, 11) is 0. The molecule has 1 aromatic heterocycles. The molecule has 0 amide bonds. The van der Waals surface area contributed by atoms with E-state index in [0.717, 1.165) is 17.2 Å². The van der Waals surface area contributed by atoms with Crippen LogP contribution in [-0.2, 0) is 12.0 Å². The van der Waals surface area contributed by atoms with E-state index in [1.807, 2.05) is 6.92 Å². The highest BCUT2D eigenvalue weighted by atomic mass is 35.5. The molecule has 1 aromatic rings. The topological polar surface area (TPSA) is 24.9 Å². The zero-order chi connectivity index (χ0) is 13.1. The zero-order valence-electron chi connectivity index (χ0n) is 10.8. The fourth-order valence-corrected chi connectivity index (χ4v) is 2.59. The Morgan fingerprint density at radius 3 is 2.24 bits per heavy atom. The minimum atomic E-state index is -0.226. The second-order valence-electron chi connectivity index (χ2n) is 5.56. The van der Waals surface area contributed by atoms with Crippen molar-refractivity contribution in [3.05, 3.63) is 16.1 Å². The molecule has 0 aliphatic carbocycles. The average Bonchev–Trinajstić information content (AvgIpc) is 2.74. The first-order valence-corrected chi connectivity index (χ1v) is 7.57. The highest BCUT2D eigenvalue weighted by molar-refractivity contribution is 7.09. The molecule has 1 N–H and O–H groups in total. The van der Waals surface area contributed by atoms with Gasteiger partial charge in [-0.1, -0.05) is 20.8 Å². The van der Waals surface area contributed by atoms with Crippen LogP contribution in [0.2, 0.25) is 0 Å². The number of thiazole rings is 1. The Labute approximate surface area is 118 Å². The van der Waals surface area contributed by atoms with Gasteiger partial charge < -0.3 is 5.32 Å². The van der Waals surface area contributed by atoms with E-state index in [-0.39, 0.29) is 11.0 Å². The molecule has 1 rings (SSSR count). The van der Waals surface area contributed by atoms with Crippen LogP contribution in [0.5, 0.6) is 0 Å². The van der Waals surface area contributed by atoms with Crippen molar-refractivity contribution in [1.82, 2.24) is 10.3 Å². The quantitative estimate of drug-likeness (QED) is 0.837. The van der Waals surface area contributed by atoms with E-state index in [0.29, 0.717) is 11.8 Å². The largest absolute Gasteiger partial charge is 0.303 e. The maximum absolute atomic E-state index is 5.89. The number of alkyl halides is 2. The van der Waals surface area contributed by atoms with Crippen LogP contribution in [0.1, 0.15) is 38.4 Å². The molecule has 17 heavy (non-hydrogen) atoms. The average molecular weight is 295 g/mol. The predicted octanol–water partition coefficient (Wildman–Crippen LogP) is 3.77. The Bertz CT molecular complexity index is 354. The molecule has 0 bridgehead atoms. The first-order chi connectivity index (χ1) is 7.80. The van der Waals surface area contributed by atoms with Crippen molar-refractivity contribution in [3.63, 3.8) is 0 Å². The van der Waals surface area contributed by atoms with E-state index >= 15 is 0 Å². The number of hydrogen-bond donors (Lipinski definition) is 1. The molecular weight excluding hydrogens is 275 g/mol. The van der Waals surface area contributed by atoms with Gasteiger partial charge in [0, 0.05) is 34.6 Å². The maximum atomic E-state index is 5.89. The van der Waals surface area contributed by atoms with Gasteiger partial charge in [-0.15, -0.1) is 34.5 Å². The van der Waals surface area contributed by atoms with Gasteiger partial charge in [-0.2, -0.15) is 0 Å². The molecule has 0 saturated carbocycles. The molecule has 0 aliphatic heterocycles. The van der Waals surface area contributed by atoms with E-state index in [4.69, 9.17) is 23.2 Å². The third-order valence-corrected chi connectivity index (χ3v) is 4.60. The lowest BCUT2D eigenvalue weighted by Crippen LogP contribution is -2.45. The SMILES string of the molecule is CC(CCl)(CCl)NCc1nc(C(C)(C)C)cs1. The summed E-state index contributed by atoms with van der Waals surface area (Å²) in [6.07, 6.45) is 0. The van der Waals surface area contributed by atoms with Crippen LogP contribution in [0.15, 0.2) is 5.38 Å². The second-order valence-corrected chi connectivity index (χ2v) is 7.04. The minimum absolute atomic E-state index is 0.108. The Morgan fingerprint density at radius 1 is 1.24 bits per heavy atom. The third-order valence-electron chi connectivity index (χ3n) is 2.58. The lowest BCUT2D eigenvalue weighted by Gasteiger charge is -2.25. The van der Waals surface area contributed by atoms with Gasteiger partial charge in [0.1, 0.15) is 5.01 Å². The molecule has 98 valence electrons. The van der Waals surface area contributed by atoms with Crippen molar-refractivity contribution in [2.24, 2.45) is 0 Å². The second kappa shape index (κ2) is 5.87. The molecule has 1 heterocycles. The molecule has 2 nitrogen and oxygen atoms in total. The Balaban J connectivity index is 2.62. The normalized spacial score (nSPS) is 13.1. The monoisotopic (exact) mass is 294 g/mol. The first-order valence-electron chi connectivity index (χ1n) is 5.62. The van der Waals surface area contributed by atoms with Gasteiger partial charge in [0.05, 0.1) is 5.69 Å². The van der Waals surface area contributed by atoms with Crippen LogP contribution in [0.25, 0.3) is 0 Å². The Kier molecular flexibility index (Phi) is 5.26. The van der Waals surface area contributed by atoms with E-state index in [1.54, 1.807) is 11.3 Å². The van der Waals surface area contributed by atoms with E-state index in [2.05, 4.69) is 36.5 Å². The van der Waals surface area contributed by atoms with Crippen molar-refractivity contribution in [2.45, 2.75) is 45.2 Å². The molecule has 0 aliphatic rings. The van der Waals surface area contributed by atoms with Crippen molar-refractivity contribution in [3.8, 4) is 0 Å². The summed E-state index contributed by atoms with van der Waals surface area (Å²) in [5.41, 5.74) is 1.02. The molecule has 0 spiro atoms. The van der Waals surface area contributed by atoms with Crippen LogP contribution in [0.4, 0.5) is 0 Å². The van der Waals surface area contributed by atoms with E-state index in [9.17, 15) is 0 Å². The lowest BCUT2D eigenvalue weighted by molar-refractivity contribution is 0.433. The number of halogens is 2. The third kappa shape index (κ3) is 4.40. The number of aromatic nitrogens is 1. The van der Waals surface area contributed by atoms with Gasteiger partial charge in [-0.3, -0.25) is 0 Å². The van der Waals surface area contributed by atoms with Crippen molar-refractivity contribution in [1.29, 1.82) is 0 Å². The number of hydrogen-bond acceptors (Lipinski definition) is 3. The summed E-state index contributed by atoms with van der Waals surface area (Å²) < 4.78 is 0. The molecule has 5 heteroatoms. The summed E-state index contributed by atoms with van der Waals surface area (Å²) in [5.74, 6) is 0.988. The molecular formula is C12H20Cl2N2S. The highest BCUT2D eigenvalue weighted by Crippen LogP contribution is 2.24. The van der Waals surface area contributed by atoms with Crippen LogP contribution >= 0.6 is 34.5 Å². The van der Waals surface area contributed by atoms with Gasteiger partial charge >= 0.3 is 0 Å². The Hall–Kier alpha value is 0.170. The summed E-state index contributed by atoms with van der Waals surface area (Å²) in [4.78, 5) is 4.62. The van der Waals surface area contributed by atoms with Crippen molar-refractivity contribution >= 4 is 34.5 Å². The molecule has 0 saturated heterocycles. The summed E-state index contributed by atoms with van der Waals surface area (Å²) in [6, 6.07) is 0. The molecule has 0 aromatic carbocycles. The molecule has 0 fully saturated rings. The smallest absolute Gasteiger partial charge is 0.107 e. The first kappa shape index (κ1) is 15.2. The summed E-state index contributed by atoms with van der Waals surface area (Å²) >= 11 is 13.5. The fraction of sp³-hybridized carbons (Fsp3) is 0.750. The number of rotatable bonds is 5. The molecule has 0 atom stereocenters. The van der Waals surface area contributed by atoms with Crippen LogP contribution in [-0.4, -0.2) is 22.3 Å².